The molecule has 8 nitrogen and oxygen atoms in total. The molecule has 13 heteroatoms. The first-order chi connectivity index (χ1) is 18.5. The zero-order chi connectivity index (χ0) is 28.4. The Balaban J connectivity index is 1.49. The number of hydrogen-bond donors (Lipinski definition) is 0. The SMILES string of the molecule is COC(=O)c1ccc(Oc2coc3cc(OC(=O)C(C)Oc4c(F)c(F)c(F)c(F)c4F)ccc3c2=O)cc1. The van der Waals surface area contributed by atoms with Gasteiger partial charge in [0, 0.05) is 6.07 Å². The fourth-order valence-electron chi connectivity index (χ4n) is 3.24. The number of rotatable bonds is 7. The van der Waals surface area contributed by atoms with Gasteiger partial charge in [0.1, 0.15) is 23.3 Å². The standard InChI is InChI=1S/C26H15F5O8/c1-11(37-24-21(30)19(28)18(27)20(29)22(24)31)25(33)39-14-7-8-15-16(9-14)36-10-17(23(15)32)38-13-5-3-12(4-6-13)26(34)35-2/h3-11H,1-2H3. The van der Waals surface area contributed by atoms with Crippen LogP contribution >= 0.6 is 0 Å². The smallest absolute Gasteiger partial charge is 0.352 e. The highest BCUT2D eigenvalue weighted by Gasteiger charge is 2.30. The summed E-state index contributed by atoms with van der Waals surface area (Å²) in [6.07, 6.45) is -0.804. The van der Waals surface area contributed by atoms with Crippen molar-refractivity contribution in [3.8, 4) is 23.0 Å². The molecule has 0 spiro atoms. The van der Waals surface area contributed by atoms with E-state index in [4.69, 9.17) is 13.9 Å². The van der Waals surface area contributed by atoms with Gasteiger partial charge in [0.2, 0.25) is 40.3 Å². The maximum atomic E-state index is 13.8. The molecule has 0 fully saturated rings. The number of carbonyl (C=O) groups excluding carboxylic acids is 2. The topological polar surface area (TPSA) is 101 Å². The van der Waals surface area contributed by atoms with Crippen molar-refractivity contribution in [2.45, 2.75) is 13.0 Å². The second-order valence-electron chi connectivity index (χ2n) is 7.79. The Kier molecular flexibility index (Phi) is 7.51. The third-order valence-electron chi connectivity index (χ3n) is 5.23. The van der Waals surface area contributed by atoms with Crippen molar-refractivity contribution in [3.63, 3.8) is 0 Å². The van der Waals surface area contributed by atoms with Crippen LogP contribution in [0.1, 0.15) is 17.3 Å². The number of benzene rings is 3. The van der Waals surface area contributed by atoms with Crippen molar-refractivity contribution in [1.29, 1.82) is 0 Å². The second-order valence-corrected chi connectivity index (χ2v) is 7.79. The maximum absolute atomic E-state index is 13.8. The van der Waals surface area contributed by atoms with E-state index in [0.717, 1.165) is 19.3 Å². The quantitative estimate of drug-likeness (QED) is 0.0986. The van der Waals surface area contributed by atoms with Crippen molar-refractivity contribution in [2.24, 2.45) is 0 Å². The minimum Gasteiger partial charge on any atom is -0.473 e. The molecule has 0 N–H and O–H groups in total. The average molecular weight is 550 g/mol. The summed E-state index contributed by atoms with van der Waals surface area (Å²) in [4.78, 5) is 36.6. The first-order valence-corrected chi connectivity index (χ1v) is 10.8. The second kappa shape index (κ2) is 10.8. The van der Waals surface area contributed by atoms with Crippen molar-refractivity contribution >= 4 is 22.9 Å². The summed E-state index contributed by atoms with van der Waals surface area (Å²) in [5.41, 5.74) is -0.356. The molecule has 39 heavy (non-hydrogen) atoms. The van der Waals surface area contributed by atoms with Gasteiger partial charge in [0.05, 0.1) is 18.1 Å². The lowest BCUT2D eigenvalue weighted by molar-refractivity contribution is -0.141. The first-order valence-electron chi connectivity index (χ1n) is 10.8. The highest BCUT2D eigenvalue weighted by atomic mass is 19.2. The molecule has 1 atom stereocenters. The van der Waals surface area contributed by atoms with E-state index in [1.165, 1.54) is 43.5 Å². The van der Waals surface area contributed by atoms with E-state index in [1.807, 2.05) is 0 Å². The van der Waals surface area contributed by atoms with Gasteiger partial charge in [0.25, 0.3) is 0 Å². The molecule has 0 saturated carbocycles. The van der Waals surface area contributed by atoms with Gasteiger partial charge in [-0.3, -0.25) is 4.79 Å². The Hall–Kier alpha value is -4.94. The van der Waals surface area contributed by atoms with Crippen molar-refractivity contribution < 1.29 is 54.9 Å². The number of carbonyl (C=O) groups is 2. The summed E-state index contributed by atoms with van der Waals surface area (Å²) < 4.78 is 92.8. The molecule has 0 saturated heterocycles. The molecule has 1 heterocycles. The molecule has 4 aromatic rings. The van der Waals surface area contributed by atoms with E-state index in [1.54, 1.807) is 0 Å². The molecule has 3 aromatic carbocycles. The van der Waals surface area contributed by atoms with Crippen LogP contribution in [0.25, 0.3) is 11.0 Å². The van der Waals surface area contributed by atoms with Crippen LogP contribution in [-0.2, 0) is 9.53 Å². The van der Waals surface area contributed by atoms with E-state index in [2.05, 4.69) is 9.47 Å². The largest absolute Gasteiger partial charge is 0.473 e. The molecule has 4 rings (SSSR count). The molecule has 1 aromatic heterocycles. The summed E-state index contributed by atoms with van der Waals surface area (Å²) >= 11 is 0. The highest BCUT2D eigenvalue weighted by Crippen LogP contribution is 2.30. The van der Waals surface area contributed by atoms with Gasteiger partial charge < -0.3 is 23.4 Å². The van der Waals surface area contributed by atoms with E-state index in [0.29, 0.717) is 0 Å². The number of esters is 2. The molecule has 202 valence electrons. The summed E-state index contributed by atoms with van der Waals surface area (Å²) in [5, 5.41) is 0.0317. The first kappa shape index (κ1) is 27.1. The lowest BCUT2D eigenvalue weighted by Gasteiger charge is -2.15. The molecule has 0 amide bonds. The van der Waals surface area contributed by atoms with E-state index >= 15 is 0 Å². The molecular weight excluding hydrogens is 535 g/mol. The number of hydrogen-bond acceptors (Lipinski definition) is 8. The zero-order valence-electron chi connectivity index (χ0n) is 19.9. The van der Waals surface area contributed by atoms with Gasteiger partial charge in [0.15, 0.2) is 11.9 Å². The summed E-state index contributed by atoms with van der Waals surface area (Å²) in [5.74, 6) is -15.0. The van der Waals surface area contributed by atoms with Gasteiger partial charge in [-0.05, 0) is 43.3 Å². The summed E-state index contributed by atoms with van der Waals surface area (Å²) in [6.45, 7) is 0.961. The van der Waals surface area contributed by atoms with Gasteiger partial charge in [-0.1, -0.05) is 0 Å². The minimum absolute atomic E-state index is 0.0317. The molecule has 0 bridgehead atoms. The van der Waals surface area contributed by atoms with Crippen LogP contribution in [0.3, 0.4) is 0 Å². The number of ether oxygens (including phenoxy) is 4. The Morgan fingerprint density at radius 3 is 2.05 bits per heavy atom. The van der Waals surface area contributed by atoms with Crippen molar-refractivity contribution in [3.05, 3.63) is 93.6 Å². The van der Waals surface area contributed by atoms with Crippen LogP contribution in [0, 0.1) is 29.1 Å². The molecule has 1 unspecified atom stereocenters. The minimum atomic E-state index is -2.38. The predicted molar refractivity (Wildman–Crippen MR) is 122 cm³/mol. The van der Waals surface area contributed by atoms with Crippen LogP contribution in [0.15, 0.2) is 57.9 Å². The lowest BCUT2D eigenvalue weighted by Crippen LogP contribution is -2.29. The maximum Gasteiger partial charge on any atom is 0.352 e. The van der Waals surface area contributed by atoms with Gasteiger partial charge in [-0.25, -0.2) is 22.8 Å². The number of fused-ring (bicyclic) bond motifs is 1. The van der Waals surface area contributed by atoms with E-state index in [9.17, 15) is 36.3 Å². The van der Waals surface area contributed by atoms with Crippen molar-refractivity contribution in [1.82, 2.24) is 0 Å². The van der Waals surface area contributed by atoms with Crippen molar-refractivity contribution in [2.75, 3.05) is 7.11 Å². The Labute approximate surface area is 215 Å². The normalized spacial score (nSPS) is 11.7. The van der Waals surface area contributed by atoms with E-state index in [-0.39, 0.29) is 33.8 Å². The van der Waals surface area contributed by atoms with Gasteiger partial charge in [-0.15, -0.1) is 0 Å². The molecule has 0 aliphatic heterocycles. The third kappa shape index (κ3) is 5.37. The third-order valence-corrected chi connectivity index (χ3v) is 5.23. The van der Waals surface area contributed by atoms with Gasteiger partial charge >= 0.3 is 11.9 Å². The van der Waals surface area contributed by atoms with E-state index < -0.39 is 58.3 Å². The molecule has 0 radical (unpaired) electrons. The highest BCUT2D eigenvalue weighted by molar-refractivity contribution is 5.89. The predicted octanol–water partition coefficient (Wildman–Crippen LogP) is 5.44. The van der Waals surface area contributed by atoms with Crippen LogP contribution in [0.4, 0.5) is 22.0 Å². The summed E-state index contributed by atoms with van der Waals surface area (Å²) in [6, 6.07) is 9.32. The van der Waals surface area contributed by atoms with Gasteiger partial charge in [-0.2, -0.15) is 8.78 Å². The molecule has 0 aliphatic rings. The van der Waals surface area contributed by atoms with Crippen LogP contribution in [0.5, 0.6) is 23.0 Å². The van der Waals surface area contributed by atoms with Crippen LogP contribution in [-0.4, -0.2) is 25.2 Å². The lowest BCUT2D eigenvalue weighted by atomic mass is 10.2. The fraction of sp³-hybridized carbons (Fsp3) is 0.115. The Bertz CT molecular complexity index is 1620. The van der Waals surface area contributed by atoms with Crippen LogP contribution in [0.2, 0.25) is 0 Å². The fourth-order valence-corrected chi connectivity index (χ4v) is 3.24. The number of halogens is 5. The molecular formula is C26H15F5O8. The number of methoxy groups -OCH3 is 1. The summed E-state index contributed by atoms with van der Waals surface area (Å²) in [7, 11) is 1.23. The van der Waals surface area contributed by atoms with Crippen LogP contribution < -0.4 is 19.6 Å². The Morgan fingerprint density at radius 1 is 0.846 bits per heavy atom. The average Bonchev–Trinajstić information content (AvgIpc) is 2.94. The monoisotopic (exact) mass is 550 g/mol. The Morgan fingerprint density at radius 2 is 1.44 bits per heavy atom. The molecule has 0 aliphatic carbocycles. The zero-order valence-corrected chi connectivity index (χ0v) is 19.9.